The van der Waals surface area contributed by atoms with Gasteiger partial charge in [-0.2, -0.15) is 5.10 Å². The van der Waals surface area contributed by atoms with Gasteiger partial charge in [-0.25, -0.2) is 9.48 Å². The molecule has 0 aliphatic heterocycles. The summed E-state index contributed by atoms with van der Waals surface area (Å²) in [5, 5.41) is 12.8. The Balaban J connectivity index is 2.46. The number of aromatic carboxylic acids is 1. The van der Waals surface area contributed by atoms with Gasteiger partial charge in [-0.1, -0.05) is 12.1 Å². The minimum atomic E-state index is -1.01. The highest BCUT2D eigenvalue weighted by Gasteiger charge is 2.09. The highest BCUT2D eigenvalue weighted by atomic mass is 32.2. The SMILES string of the molecule is CSc1ccccc1-n1ccc(C(=O)O)n1. The predicted octanol–water partition coefficient (Wildman–Crippen LogP) is 2.29. The maximum atomic E-state index is 10.7. The summed E-state index contributed by atoms with van der Waals surface area (Å²) in [5.41, 5.74) is 0.943. The summed E-state index contributed by atoms with van der Waals surface area (Å²) < 4.78 is 1.58. The van der Waals surface area contributed by atoms with Gasteiger partial charge in [0, 0.05) is 11.1 Å². The lowest BCUT2D eigenvalue weighted by Crippen LogP contribution is -2.01. The van der Waals surface area contributed by atoms with E-state index in [2.05, 4.69) is 5.10 Å². The molecule has 0 aliphatic rings. The Morgan fingerprint density at radius 1 is 1.38 bits per heavy atom. The van der Waals surface area contributed by atoms with E-state index in [1.165, 1.54) is 6.07 Å². The summed E-state index contributed by atoms with van der Waals surface area (Å²) in [6, 6.07) is 9.21. The van der Waals surface area contributed by atoms with Crippen LogP contribution in [0.3, 0.4) is 0 Å². The zero-order chi connectivity index (χ0) is 11.5. The molecular formula is C11H10N2O2S. The van der Waals surface area contributed by atoms with Crippen LogP contribution in [0.4, 0.5) is 0 Å². The third-order valence-corrected chi connectivity index (χ3v) is 2.93. The van der Waals surface area contributed by atoms with Crippen LogP contribution in [0.1, 0.15) is 10.5 Å². The maximum absolute atomic E-state index is 10.7. The molecule has 1 aromatic heterocycles. The van der Waals surface area contributed by atoms with Gasteiger partial charge in [-0.15, -0.1) is 11.8 Å². The Bertz CT molecular complexity index is 522. The van der Waals surface area contributed by atoms with Crippen molar-refractivity contribution in [3.63, 3.8) is 0 Å². The molecule has 82 valence electrons. The predicted molar refractivity (Wildman–Crippen MR) is 62.3 cm³/mol. The molecule has 5 heteroatoms. The topological polar surface area (TPSA) is 55.1 Å². The average molecular weight is 234 g/mol. The largest absolute Gasteiger partial charge is 0.476 e. The van der Waals surface area contributed by atoms with Crippen LogP contribution < -0.4 is 0 Å². The van der Waals surface area contributed by atoms with Crippen molar-refractivity contribution in [1.29, 1.82) is 0 Å². The number of hydrogen-bond donors (Lipinski definition) is 1. The lowest BCUT2D eigenvalue weighted by atomic mass is 10.3. The smallest absolute Gasteiger partial charge is 0.356 e. The number of para-hydroxylation sites is 1. The van der Waals surface area contributed by atoms with E-state index in [0.29, 0.717) is 0 Å². The first kappa shape index (κ1) is 10.8. The third kappa shape index (κ3) is 1.94. The van der Waals surface area contributed by atoms with Crippen molar-refractivity contribution >= 4 is 17.7 Å². The number of carboxylic acid groups (broad SMARTS) is 1. The van der Waals surface area contributed by atoms with Gasteiger partial charge in [0.05, 0.1) is 5.69 Å². The molecule has 1 heterocycles. The summed E-state index contributed by atoms with van der Waals surface area (Å²) >= 11 is 1.60. The van der Waals surface area contributed by atoms with Crippen LogP contribution in [-0.4, -0.2) is 27.1 Å². The van der Waals surface area contributed by atoms with Crippen LogP contribution in [0, 0.1) is 0 Å². The van der Waals surface area contributed by atoms with Crippen LogP contribution in [-0.2, 0) is 0 Å². The van der Waals surface area contributed by atoms with E-state index in [9.17, 15) is 4.79 Å². The van der Waals surface area contributed by atoms with E-state index in [1.807, 2.05) is 30.5 Å². The molecule has 0 spiro atoms. The van der Waals surface area contributed by atoms with Crippen molar-refractivity contribution in [2.75, 3.05) is 6.26 Å². The molecule has 2 rings (SSSR count). The molecular weight excluding hydrogens is 224 g/mol. The van der Waals surface area contributed by atoms with Gasteiger partial charge in [-0.05, 0) is 24.5 Å². The molecule has 1 N–H and O–H groups in total. The molecule has 0 atom stereocenters. The van der Waals surface area contributed by atoms with Gasteiger partial charge in [0.15, 0.2) is 5.69 Å². The zero-order valence-electron chi connectivity index (χ0n) is 8.62. The Kier molecular flexibility index (Phi) is 2.96. The summed E-state index contributed by atoms with van der Waals surface area (Å²) in [5.74, 6) is -1.01. The highest BCUT2D eigenvalue weighted by Crippen LogP contribution is 2.22. The first-order valence-corrected chi connectivity index (χ1v) is 5.87. The van der Waals surface area contributed by atoms with Crippen molar-refractivity contribution in [3.8, 4) is 5.69 Å². The van der Waals surface area contributed by atoms with Crippen molar-refractivity contribution < 1.29 is 9.90 Å². The number of rotatable bonds is 3. The van der Waals surface area contributed by atoms with E-state index >= 15 is 0 Å². The minimum Gasteiger partial charge on any atom is -0.476 e. The van der Waals surface area contributed by atoms with E-state index < -0.39 is 5.97 Å². The van der Waals surface area contributed by atoms with Crippen LogP contribution in [0.2, 0.25) is 0 Å². The van der Waals surface area contributed by atoms with E-state index in [1.54, 1.807) is 22.6 Å². The second kappa shape index (κ2) is 4.40. The monoisotopic (exact) mass is 234 g/mol. The number of benzene rings is 1. The molecule has 0 amide bonds. The third-order valence-electron chi connectivity index (χ3n) is 2.14. The molecule has 0 saturated carbocycles. The summed E-state index contributed by atoms with van der Waals surface area (Å²) in [6.45, 7) is 0. The number of aromatic nitrogens is 2. The minimum absolute atomic E-state index is 0.0518. The molecule has 1 aromatic carbocycles. The summed E-state index contributed by atoms with van der Waals surface area (Å²) in [6.07, 6.45) is 3.62. The van der Waals surface area contributed by atoms with Crippen LogP contribution in [0.25, 0.3) is 5.69 Å². The van der Waals surface area contributed by atoms with Gasteiger partial charge >= 0.3 is 5.97 Å². The van der Waals surface area contributed by atoms with Gasteiger partial charge < -0.3 is 5.11 Å². The fourth-order valence-corrected chi connectivity index (χ4v) is 1.98. The van der Waals surface area contributed by atoms with Gasteiger partial charge in [-0.3, -0.25) is 0 Å². The summed E-state index contributed by atoms with van der Waals surface area (Å²) in [7, 11) is 0. The molecule has 2 aromatic rings. The molecule has 16 heavy (non-hydrogen) atoms. The Morgan fingerprint density at radius 3 is 2.75 bits per heavy atom. The number of nitrogens with zero attached hydrogens (tertiary/aromatic N) is 2. The van der Waals surface area contributed by atoms with Gasteiger partial charge in [0.1, 0.15) is 0 Å². The molecule has 0 saturated heterocycles. The Morgan fingerprint density at radius 2 is 2.12 bits per heavy atom. The molecule has 0 aliphatic carbocycles. The number of hydrogen-bond acceptors (Lipinski definition) is 3. The second-order valence-electron chi connectivity index (χ2n) is 3.12. The zero-order valence-corrected chi connectivity index (χ0v) is 9.44. The average Bonchev–Trinajstić information content (AvgIpc) is 2.78. The van der Waals surface area contributed by atoms with Crippen molar-refractivity contribution in [2.24, 2.45) is 0 Å². The molecule has 4 nitrogen and oxygen atoms in total. The first-order chi connectivity index (χ1) is 7.72. The molecule has 0 bridgehead atoms. The summed E-state index contributed by atoms with van der Waals surface area (Å²) in [4.78, 5) is 11.8. The lowest BCUT2D eigenvalue weighted by molar-refractivity contribution is 0.0690. The van der Waals surface area contributed by atoms with Crippen LogP contribution in [0.15, 0.2) is 41.4 Å². The fourth-order valence-electron chi connectivity index (χ4n) is 1.39. The van der Waals surface area contributed by atoms with E-state index in [-0.39, 0.29) is 5.69 Å². The van der Waals surface area contributed by atoms with Crippen LogP contribution >= 0.6 is 11.8 Å². The Hall–Kier alpha value is -1.75. The van der Waals surface area contributed by atoms with Gasteiger partial charge in [0.2, 0.25) is 0 Å². The standard InChI is InChI=1S/C11H10N2O2S/c1-16-10-5-3-2-4-9(10)13-7-6-8(12-13)11(14)15/h2-7H,1H3,(H,14,15). The molecule has 0 fully saturated rings. The first-order valence-electron chi connectivity index (χ1n) is 4.64. The highest BCUT2D eigenvalue weighted by molar-refractivity contribution is 7.98. The Labute approximate surface area is 96.9 Å². The maximum Gasteiger partial charge on any atom is 0.356 e. The van der Waals surface area contributed by atoms with E-state index in [4.69, 9.17) is 5.11 Å². The van der Waals surface area contributed by atoms with Crippen molar-refractivity contribution in [2.45, 2.75) is 4.90 Å². The molecule has 0 radical (unpaired) electrons. The van der Waals surface area contributed by atoms with Gasteiger partial charge in [0.25, 0.3) is 0 Å². The molecule has 0 unspecified atom stereocenters. The number of thioether (sulfide) groups is 1. The number of carboxylic acids is 1. The normalized spacial score (nSPS) is 10.3. The fraction of sp³-hybridized carbons (Fsp3) is 0.0909. The van der Waals surface area contributed by atoms with Crippen LogP contribution in [0.5, 0.6) is 0 Å². The lowest BCUT2D eigenvalue weighted by Gasteiger charge is -2.06. The van der Waals surface area contributed by atoms with E-state index in [0.717, 1.165) is 10.6 Å². The quantitative estimate of drug-likeness (QED) is 0.828. The second-order valence-corrected chi connectivity index (χ2v) is 3.97. The van der Waals surface area contributed by atoms with Crippen molar-refractivity contribution in [3.05, 3.63) is 42.2 Å². The van der Waals surface area contributed by atoms with Crippen molar-refractivity contribution in [1.82, 2.24) is 9.78 Å². The number of carbonyl (C=O) groups is 1.